The molecule has 6 nitrogen and oxygen atoms in total. The lowest BCUT2D eigenvalue weighted by molar-refractivity contribution is -0.149. The minimum Gasteiger partial charge on any atom is -0.480 e. The van der Waals surface area contributed by atoms with Crippen molar-refractivity contribution in [2.24, 2.45) is 5.92 Å². The van der Waals surface area contributed by atoms with Crippen molar-refractivity contribution in [2.75, 3.05) is 7.05 Å². The average molecular weight is 244 g/mol. The van der Waals surface area contributed by atoms with E-state index in [9.17, 15) is 14.4 Å². The van der Waals surface area contributed by atoms with Gasteiger partial charge in [0.15, 0.2) is 0 Å². The number of likely N-dealkylation sites (N-methyl/N-ethyl adjacent to an activating group) is 1. The molecule has 0 fully saturated rings. The largest absolute Gasteiger partial charge is 0.480 e. The van der Waals surface area contributed by atoms with Crippen molar-refractivity contribution in [3.8, 4) is 0 Å². The predicted octanol–water partition coefficient (Wildman–Crippen LogP) is 0.0786. The van der Waals surface area contributed by atoms with Crippen molar-refractivity contribution in [3.05, 3.63) is 0 Å². The van der Waals surface area contributed by atoms with E-state index in [-0.39, 0.29) is 11.8 Å². The summed E-state index contributed by atoms with van der Waals surface area (Å²) in [5, 5.41) is 11.4. The number of carboxylic acids is 1. The Morgan fingerprint density at radius 3 is 1.94 bits per heavy atom. The molecule has 0 aromatic heterocycles. The minimum absolute atomic E-state index is 0.102. The number of carbonyl (C=O) groups is 3. The van der Waals surface area contributed by atoms with E-state index in [2.05, 4.69) is 5.32 Å². The zero-order chi connectivity index (χ0) is 13.7. The molecule has 0 saturated heterocycles. The van der Waals surface area contributed by atoms with Gasteiger partial charge >= 0.3 is 5.97 Å². The van der Waals surface area contributed by atoms with Gasteiger partial charge in [-0.25, -0.2) is 4.79 Å². The fraction of sp³-hybridized carbons (Fsp3) is 0.727. The second-order valence-electron chi connectivity index (χ2n) is 4.39. The Morgan fingerprint density at radius 1 is 1.18 bits per heavy atom. The number of carboxylic acid groups (broad SMARTS) is 1. The van der Waals surface area contributed by atoms with E-state index in [4.69, 9.17) is 5.11 Å². The monoisotopic (exact) mass is 244 g/mol. The second kappa shape index (κ2) is 6.22. The summed E-state index contributed by atoms with van der Waals surface area (Å²) >= 11 is 0. The summed E-state index contributed by atoms with van der Waals surface area (Å²) in [6.07, 6.45) is 0. The van der Waals surface area contributed by atoms with Gasteiger partial charge in [0.25, 0.3) is 0 Å². The number of hydrogen-bond acceptors (Lipinski definition) is 3. The molecule has 0 aliphatic heterocycles. The van der Waals surface area contributed by atoms with Crippen LogP contribution in [-0.2, 0) is 14.4 Å². The maximum Gasteiger partial charge on any atom is 0.326 e. The molecule has 0 bridgehead atoms. The fourth-order valence-electron chi connectivity index (χ4n) is 1.31. The van der Waals surface area contributed by atoms with Crippen molar-refractivity contribution in [2.45, 2.75) is 39.8 Å². The van der Waals surface area contributed by atoms with E-state index in [0.717, 1.165) is 4.90 Å². The first-order valence-corrected chi connectivity index (χ1v) is 5.45. The molecule has 0 heterocycles. The molecule has 6 heteroatoms. The lowest BCUT2D eigenvalue weighted by atomic mass is 10.0. The third-order valence-corrected chi connectivity index (χ3v) is 2.58. The summed E-state index contributed by atoms with van der Waals surface area (Å²) in [7, 11) is 1.41. The molecule has 0 aromatic carbocycles. The van der Waals surface area contributed by atoms with Gasteiger partial charge in [0, 0.05) is 14.0 Å². The van der Waals surface area contributed by atoms with Gasteiger partial charge in [0.2, 0.25) is 11.8 Å². The highest BCUT2D eigenvalue weighted by atomic mass is 16.4. The van der Waals surface area contributed by atoms with Crippen molar-refractivity contribution in [1.82, 2.24) is 10.2 Å². The molecule has 0 aromatic rings. The van der Waals surface area contributed by atoms with Crippen LogP contribution in [0.5, 0.6) is 0 Å². The van der Waals surface area contributed by atoms with Gasteiger partial charge in [0.1, 0.15) is 12.1 Å². The average Bonchev–Trinajstić information content (AvgIpc) is 2.21. The Hall–Kier alpha value is -1.59. The Kier molecular flexibility index (Phi) is 5.64. The molecule has 0 radical (unpaired) electrons. The molecule has 2 amide bonds. The van der Waals surface area contributed by atoms with Crippen LogP contribution in [0.1, 0.15) is 27.7 Å². The molecule has 2 N–H and O–H groups in total. The van der Waals surface area contributed by atoms with Crippen LogP contribution in [0.2, 0.25) is 0 Å². The highest BCUT2D eigenvalue weighted by Crippen LogP contribution is 2.08. The van der Waals surface area contributed by atoms with Crippen LogP contribution >= 0.6 is 0 Å². The van der Waals surface area contributed by atoms with E-state index >= 15 is 0 Å². The van der Waals surface area contributed by atoms with Crippen molar-refractivity contribution < 1.29 is 19.5 Å². The van der Waals surface area contributed by atoms with Crippen LogP contribution in [0.25, 0.3) is 0 Å². The quantitative estimate of drug-likeness (QED) is 0.717. The van der Waals surface area contributed by atoms with Gasteiger partial charge in [-0.2, -0.15) is 0 Å². The van der Waals surface area contributed by atoms with Crippen molar-refractivity contribution >= 4 is 17.8 Å². The molecule has 0 aliphatic carbocycles. The summed E-state index contributed by atoms with van der Waals surface area (Å²) < 4.78 is 0. The maximum absolute atomic E-state index is 12.0. The molecule has 17 heavy (non-hydrogen) atoms. The lowest BCUT2D eigenvalue weighted by Gasteiger charge is -2.28. The SMILES string of the molecule is CC(=O)NC(C(=O)N(C)C(C)C(=O)O)C(C)C. The molecule has 2 unspecified atom stereocenters. The number of aliphatic carboxylic acids is 1. The van der Waals surface area contributed by atoms with Crippen molar-refractivity contribution in [1.29, 1.82) is 0 Å². The normalized spacial score (nSPS) is 14.0. The van der Waals surface area contributed by atoms with E-state index in [0.29, 0.717) is 0 Å². The fourth-order valence-corrected chi connectivity index (χ4v) is 1.31. The molecule has 98 valence electrons. The van der Waals surface area contributed by atoms with E-state index in [1.165, 1.54) is 20.9 Å². The standard InChI is InChI=1S/C11H20N2O4/c1-6(2)9(12-8(4)14)10(15)13(5)7(3)11(16)17/h6-7,9H,1-5H3,(H,12,14)(H,16,17). The Morgan fingerprint density at radius 2 is 1.65 bits per heavy atom. The van der Waals surface area contributed by atoms with Crippen LogP contribution in [0.3, 0.4) is 0 Å². The number of hydrogen-bond donors (Lipinski definition) is 2. The first-order valence-electron chi connectivity index (χ1n) is 5.45. The zero-order valence-corrected chi connectivity index (χ0v) is 10.9. The van der Waals surface area contributed by atoms with Gasteiger partial charge < -0.3 is 15.3 Å². The van der Waals surface area contributed by atoms with Crippen molar-refractivity contribution in [3.63, 3.8) is 0 Å². The number of amides is 2. The van der Waals surface area contributed by atoms with Gasteiger partial charge in [-0.05, 0) is 12.8 Å². The number of rotatable bonds is 5. The van der Waals surface area contributed by atoms with Gasteiger partial charge in [-0.3, -0.25) is 9.59 Å². The molecule has 0 spiro atoms. The van der Waals surface area contributed by atoms with Gasteiger partial charge in [0.05, 0.1) is 0 Å². The van der Waals surface area contributed by atoms with E-state index < -0.39 is 24.0 Å². The highest BCUT2D eigenvalue weighted by molar-refractivity contribution is 5.89. The Labute approximate surface area is 101 Å². The smallest absolute Gasteiger partial charge is 0.326 e. The topological polar surface area (TPSA) is 86.7 Å². The van der Waals surface area contributed by atoms with E-state index in [1.807, 2.05) is 0 Å². The van der Waals surface area contributed by atoms with Crippen LogP contribution in [0.4, 0.5) is 0 Å². The summed E-state index contributed by atoms with van der Waals surface area (Å²) in [6.45, 7) is 6.32. The van der Waals surface area contributed by atoms with Crippen LogP contribution in [-0.4, -0.2) is 46.9 Å². The first kappa shape index (κ1) is 15.4. The molecular formula is C11H20N2O4. The number of nitrogens with one attached hydrogen (secondary N) is 1. The summed E-state index contributed by atoms with van der Waals surface area (Å²) in [4.78, 5) is 34.9. The molecular weight excluding hydrogens is 224 g/mol. The highest BCUT2D eigenvalue weighted by Gasteiger charge is 2.30. The van der Waals surface area contributed by atoms with Gasteiger partial charge in [-0.15, -0.1) is 0 Å². The third kappa shape index (κ3) is 4.42. The minimum atomic E-state index is -1.08. The summed E-state index contributed by atoms with van der Waals surface area (Å²) in [5.74, 6) is -1.89. The van der Waals surface area contributed by atoms with Gasteiger partial charge in [-0.1, -0.05) is 13.8 Å². The lowest BCUT2D eigenvalue weighted by Crippen LogP contribution is -2.53. The second-order valence-corrected chi connectivity index (χ2v) is 4.39. The number of carbonyl (C=O) groups excluding carboxylic acids is 2. The van der Waals surface area contributed by atoms with Crippen LogP contribution in [0, 0.1) is 5.92 Å². The Bertz CT molecular complexity index is 315. The van der Waals surface area contributed by atoms with Crippen LogP contribution in [0.15, 0.2) is 0 Å². The summed E-state index contributed by atoms with van der Waals surface area (Å²) in [6, 6.07) is -1.61. The molecule has 0 aliphatic rings. The zero-order valence-electron chi connectivity index (χ0n) is 10.9. The molecule has 2 atom stereocenters. The Balaban J connectivity index is 4.83. The van der Waals surface area contributed by atoms with Crippen LogP contribution < -0.4 is 5.32 Å². The molecule has 0 rings (SSSR count). The predicted molar refractivity (Wildman–Crippen MR) is 62.3 cm³/mol. The maximum atomic E-state index is 12.0. The van der Waals surface area contributed by atoms with E-state index in [1.54, 1.807) is 13.8 Å². The number of nitrogens with zero attached hydrogens (tertiary/aromatic N) is 1. The first-order chi connectivity index (χ1) is 7.68. The molecule has 0 saturated carbocycles. The summed E-state index contributed by atoms with van der Waals surface area (Å²) in [5.41, 5.74) is 0. The third-order valence-electron chi connectivity index (χ3n) is 2.58.